The van der Waals surface area contributed by atoms with Crippen LogP contribution in [0.4, 0.5) is 0 Å². The van der Waals surface area contributed by atoms with Gasteiger partial charge >= 0.3 is 0 Å². The second-order valence-corrected chi connectivity index (χ2v) is 9.11. The Bertz CT molecular complexity index is 629. The molecule has 6 aliphatic rings. The number of rotatable bonds is 0. The summed E-state index contributed by atoms with van der Waals surface area (Å²) < 4.78 is 0. The van der Waals surface area contributed by atoms with E-state index in [1.54, 1.807) is 0 Å². The Kier molecular flexibility index (Phi) is 2.39. The van der Waals surface area contributed by atoms with E-state index in [1.165, 1.54) is 12.8 Å². The van der Waals surface area contributed by atoms with Crippen molar-refractivity contribution in [1.82, 2.24) is 0 Å². The summed E-state index contributed by atoms with van der Waals surface area (Å²) in [4.78, 5) is 0. The summed E-state index contributed by atoms with van der Waals surface area (Å²) >= 11 is 0. The normalized spacial score (nSPS) is 59.8. The molecule has 3 fully saturated rings. The van der Waals surface area contributed by atoms with Crippen LogP contribution in [0.5, 0.6) is 0 Å². The second kappa shape index (κ2) is 4.21. The van der Waals surface area contributed by atoms with Gasteiger partial charge in [-0.1, -0.05) is 67.7 Å². The molecule has 0 aliphatic heterocycles. The molecule has 0 amide bonds. The van der Waals surface area contributed by atoms with E-state index in [0.717, 1.165) is 53.3 Å². The minimum atomic E-state index is 0.538. The molecule has 3 saturated carbocycles. The van der Waals surface area contributed by atoms with Crippen molar-refractivity contribution in [2.45, 2.75) is 19.8 Å². The summed E-state index contributed by atoms with van der Waals surface area (Å²) in [7, 11) is 0. The first-order valence-corrected chi connectivity index (χ1v) is 9.68. The molecular formula is C23H26. The van der Waals surface area contributed by atoms with Gasteiger partial charge in [-0.2, -0.15) is 0 Å². The molecule has 0 aromatic rings. The van der Waals surface area contributed by atoms with Crippen molar-refractivity contribution < 1.29 is 0 Å². The van der Waals surface area contributed by atoms with Crippen molar-refractivity contribution in [2.75, 3.05) is 0 Å². The highest BCUT2D eigenvalue weighted by atomic mass is 14.7. The Hall–Kier alpha value is -1.30. The summed E-state index contributed by atoms with van der Waals surface area (Å²) in [5.41, 5.74) is 0.538. The van der Waals surface area contributed by atoms with Crippen LogP contribution in [0.1, 0.15) is 19.8 Å². The second-order valence-electron chi connectivity index (χ2n) is 9.11. The number of hydrogen-bond acceptors (Lipinski definition) is 0. The topological polar surface area (TPSA) is 0 Å². The van der Waals surface area contributed by atoms with E-state index in [-0.39, 0.29) is 0 Å². The number of hydrogen-bond donors (Lipinski definition) is 0. The van der Waals surface area contributed by atoms with Gasteiger partial charge in [0.2, 0.25) is 0 Å². The molecule has 8 unspecified atom stereocenters. The molecule has 6 rings (SSSR count). The van der Waals surface area contributed by atoms with E-state index < -0.39 is 0 Å². The zero-order valence-corrected chi connectivity index (χ0v) is 13.9. The molecule has 0 heteroatoms. The van der Waals surface area contributed by atoms with Gasteiger partial charge in [0.05, 0.1) is 0 Å². The van der Waals surface area contributed by atoms with Crippen LogP contribution in [0.15, 0.2) is 60.8 Å². The summed E-state index contributed by atoms with van der Waals surface area (Å²) in [6, 6.07) is 0. The van der Waals surface area contributed by atoms with E-state index in [2.05, 4.69) is 67.7 Å². The Morgan fingerprint density at radius 1 is 0.609 bits per heavy atom. The van der Waals surface area contributed by atoms with Crippen molar-refractivity contribution in [3.05, 3.63) is 60.8 Å². The summed E-state index contributed by atoms with van der Waals surface area (Å²) in [5, 5.41) is 0. The Labute approximate surface area is 139 Å². The van der Waals surface area contributed by atoms with Gasteiger partial charge in [0.1, 0.15) is 0 Å². The van der Waals surface area contributed by atoms with Crippen LogP contribution in [-0.2, 0) is 0 Å². The highest BCUT2D eigenvalue weighted by Gasteiger charge is 2.66. The standard InChI is InChI=1S/C23H26/c1-14-15-10-11-16(14)20-13-23(12-19(15)20)21-8-4-2-6-17(21)18-7-3-5-9-22(18)23/h2-11,14-22H,12-13H2,1H3. The van der Waals surface area contributed by atoms with Gasteiger partial charge < -0.3 is 0 Å². The summed E-state index contributed by atoms with van der Waals surface area (Å²) in [6.45, 7) is 2.51. The van der Waals surface area contributed by atoms with Gasteiger partial charge in [0.15, 0.2) is 0 Å². The SMILES string of the molecule is CC1C2C=CC1C1CC3(CC21)C1C=CC=CC1C1C=CC=CC13. The van der Waals surface area contributed by atoms with Crippen molar-refractivity contribution >= 4 is 0 Å². The van der Waals surface area contributed by atoms with E-state index in [1.807, 2.05) is 0 Å². The van der Waals surface area contributed by atoms with Gasteiger partial charge in [-0.15, -0.1) is 0 Å². The van der Waals surface area contributed by atoms with Crippen LogP contribution in [0.25, 0.3) is 0 Å². The lowest BCUT2D eigenvalue weighted by Crippen LogP contribution is -2.32. The molecule has 0 nitrogen and oxygen atoms in total. The zero-order valence-electron chi connectivity index (χ0n) is 13.9. The lowest BCUT2D eigenvalue weighted by molar-refractivity contribution is 0.154. The highest BCUT2D eigenvalue weighted by molar-refractivity contribution is 5.34. The van der Waals surface area contributed by atoms with Gasteiger partial charge in [0.25, 0.3) is 0 Å². The van der Waals surface area contributed by atoms with Crippen molar-refractivity contribution in [2.24, 2.45) is 58.7 Å². The fraction of sp³-hybridized carbons (Fsp3) is 0.565. The Morgan fingerprint density at radius 2 is 1.09 bits per heavy atom. The molecule has 118 valence electrons. The largest absolute Gasteiger partial charge is 0.0845 e. The molecule has 6 aliphatic carbocycles. The van der Waals surface area contributed by atoms with Crippen molar-refractivity contribution in [1.29, 1.82) is 0 Å². The zero-order chi connectivity index (χ0) is 15.2. The third-order valence-electron chi connectivity index (χ3n) is 8.67. The fourth-order valence-corrected chi connectivity index (χ4v) is 7.94. The average Bonchev–Trinajstić information content (AvgIpc) is 3.29. The minimum absolute atomic E-state index is 0.538. The third-order valence-corrected chi connectivity index (χ3v) is 8.67. The van der Waals surface area contributed by atoms with Gasteiger partial charge in [0, 0.05) is 0 Å². The van der Waals surface area contributed by atoms with E-state index in [4.69, 9.17) is 0 Å². The Morgan fingerprint density at radius 3 is 1.61 bits per heavy atom. The van der Waals surface area contributed by atoms with Crippen molar-refractivity contribution in [3.63, 3.8) is 0 Å². The molecule has 2 bridgehead atoms. The van der Waals surface area contributed by atoms with E-state index in [0.29, 0.717) is 5.41 Å². The van der Waals surface area contributed by atoms with Crippen molar-refractivity contribution in [3.8, 4) is 0 Å². The third kappa shape index (κ3) is 1.41. The number of fused-ring (bicyclic) bond motifs is 10. The molecule has 0 aromatic carbocycles. The van der Waals surface area contributed by atoms with E-state index in [9.17, 15) is 0 Å². The summed E-state index contributed by atoms with van der Waals surface area (Å²) in [5.74, 6) is 7.66. The molecule has 23 heavy (non-hydrogen) atoms. The molecular weight excluding hydrogens is 276 g/mol. The van der Waals surface area contributed by atoms with Gasteiger partial charge in [-0.3, -0.25) is 0 Å². The lowest BCUT2D eigenvalue weighted by atomic mass is 9.66. The van der Waals surface area contributed by atoms with Crippen LogP contribution < -0.4 is 0 Å². The lowest BCUT2D eigenvalue weighted by Gasteiger charge is -2.38. The molecule has 1 spiro atoms. The maximum atomic E-state index is 2.58. The van der Waals surface area contributed by atoms with E-state index >= 15 is 0 Å². The van der Waals surface area contributed by atoms with Crippen LogP contribution in [0.2, 0.25) is 0 Å². The van der Waals surface area contributed by atoms with Crippen LogP contribution >= 0.6 is 0 Å². The maximum Gasteiger partial charge on any atom is -0.00928 e. The molecule has 0 saturated heterocycles. The number of allylic oxidation sites excluding steroid dienone is 10. The molecule has 0 heterocycles. The van der Waals surface area contributed by atoms with Crippen LogP contribution in [0.3, 0.4) is 0 Å². The minimum Gasteiger partial charge on any atom is -0.0845 e. The van der Waals surface area contributed by atoms with Gasteiger partial charge in [-0.25, -0.2) is 0 Å². The molecule has 0 N–H and O–H groups in total. The van der Waals surface area contributed by atoms with Crippen LogP contribution in [0, 0.1) is 58.7 Å². The smallest absolute Gasteiger partial charge is 0.00928 e. The molecule has 8 atom stereocenters. The Balaban J connectivity index is 1.45. The first kappa shape index (κ1) is 13.0. The maximum absolute atomic E-state index is 2.58. The average molecular weight is 302 g/mol. The van der Waals surface area contributed by atoms with Gasteiger partial charge in [-0.05, 0) is 71.5 Å². The predicted octanol–water partition coefficient (Wildman–Crippen LogP) is 5.18. The van der Waals surface area contributed by atoms with Crippen LogP contribution in [-0.4, -0.2) is 0 Å². The monoisotopic (exact) mass is 302 g/mol. The fourth-order valence-electron chi connectivity index (χ4n) is 7.94. The molecule has 0 radical (unpaired) electrons. The first-order chi connectivity index (χ1) is 11.3. The first-order valence-electron chi connectivity index (χ1n) is 9.68. The quantitative estimate of drug-likeness (QED) is 0.541. The summed E-state index contributed by atoms with van der Waals surface area (Å²) in [6.07, 6.45) is 27.6. The predicted molar refractivity (Wildman–Crippen MR) is 94.5 cm³/mol. The highest BCUT2D eigenvalue weighted by Crippen LogP contribution is 2.72. The molecule has 0 aromatic heterocycles.